The van der Waals surface area contributed by atoms with Gasteiger partial charge in [0.25, 0.3) is 11.8 Å². The molecule has 0 aliphatic heterocycles. The van der Waals surface area contributed by atoms with Crippen molar-refractivity contribution in [1.82, 2.24) is 5.32 Å². The topological polar surface area (TPSA) is 102 Å². The number of hydrogen-bond acceptors (Lipinski definition) is 5. The molecule has 0 fully saturated rings. The normalized spacial score (nSPS) is 9.88. The van der Waals surface area contributed by atoms with Crippen molar-refractivity contribution < 1.29 is 23.9 Å². The van der Waals surface area contributed by atoms with Crippen LogP contribution in [0.2, 0.25) is 0 Å². The second-order valence-electron chi connectivity index (χ2n) is 5.39. The van der Waals surface area contributed by atoms with Crippen LogP contribution >= 0.6 is 0 Å². The molecule has 0 saturated carbocycles. The highest BCUT2D eigenvalue weighted by Crippen LogP contribution is 2.11. The van der Waals surface area contributed by atoms with Gasteiger partial charge in [0.15, 0.2) is 12.4 Å². The summed E-state index contributed by atoms with van der Waals surface area (Å²) in [7, 11) is 0. The third kappa shape index (κ3) is 5.86. The van der Waals surface area contributed by atoms with Crippen molar-refractivity contribution in [2.45, 2.75) is 6.92 Å². The molecule has 7 heteroatoms. The number of anilines is 1. The Labute approximate surface area is 150 Å². The maximum Gasteiger partial charge on any atom is 0.325 e. The van der Waals surface area contributed by atoms with E-state index in [0.29, 0.717) is 16.8 Å². The number of Topliss-reactive ketones (excluding diaryl/α,β-unsaturated/α-hetero) is 1. The van der Waals surface area contributed by atoms with E-state index in [4.69, 9.17) is 4.74 Å². The van der Waals surface area contributed by atoms with Gasteiger partial charge in [0.05, 0.1) is 0 Å². The molecule has 134 valence electrons. The monoisotopic (exact) mass is 354 g/mol. The SMILES string of the molecule is CC(=O)c1cccc(NC(=O)COC(=O)CNC(=O)c2ccccc2)c1. The predicted octanol–water partition coefficient (Wildman–Crippen LogP) is 1.80. The Bertz CT molecular complexity index is 818. The summed E-state index contributed by atoms with van der Waals surface area (Å²) >= 11 is 0. The first kappa shape index (κ1) is 18.9. The number of esters is 1. The first-order valence-corrected chi connectivity index (χ1v) is 7.85. The molecule has 2 rings (SSSR count). The molecular formula is C19H18N2O5. The number of amides is 2. The Kier molecular flexibility index (Phi) is 6.61. The molecule has 0 aromatic heterocycles. The Morgan fingerprint density at radius 3 is 2.31 bits per heavy atom. The highest BCUT2D eigenvalue weighted by molar-refractivity contribution is 5.98. The number of hydrogen-bond donors (Lipinski definition) is 2. The highest BCUT2D eigenvalue weighted by atomic mass is 16.5. The molecule has 0 atom stereocenters. The van der Waals surface area contributed by atoms with Crippen LogP contribution in [-0.2, 0) is 14.3 Å². The van der Waals surface area contributed by atoms with E-state index in [1.165, 1.54) is 13.0 Å². The Balaban J connectivity index is 1.75. The summed E-state index contributed by atoms with van der Waals surface area (Å²) in [5.74, 6) is -1.81. The zero-order valence-corrected chi connectivity index (χ0v) is 14.2. The molecule has 0 saturated heterocycles. The lowest BCUT2D eigenvalue weighted by Gasteiger charge is -2.08. The number of ether oxygens (including phenoxy) is 1. The summed E-state index contributed by atoms with van der Waals surface area (Å²) < 4.78 is 4.81. The van der Waals surface area contributed by atoms with E-state index < -0.39 is 24.4 Å². The maximum atomic E-state index is 11.8. The van der Waals surface area contributed by atoms with Gasteiger partial charge in [-0.2, -0.15) is 0 Å². The third-order valence-corrected chi connectivity index (χ3v) is 3.35. The smallest absolute Gasteiger partial charge is 0.325 e. The largest absolute Gasteiger partial charge is 0.454 e. The molecule has 0 radical (unpaired) electrons. The van der Waals surface area contributed by atoms with Crippen molar-refractivity contribution in [2.75, 3.05) is 18.5 Å². The molecule has 26 heavy (non-hydrogen) atoms. The van der Waals surface area contributed by atoms with Crippen molar-refractivity contribution in [3.05, 3.63) is 65.7 Å². The van der Waals surface area contributed by atoms with E-state index in [9.17, 15) is 19.2 Å². The molecule has 2 aromatic carbocycles. The fourth-order valence-corrected chi connectivity index (χ4v) is 2.05. The van der Waals surface area contributed by atoms with Crippen molar-refractivity contribution in [2.24, 2.45) is 0 Å². The molecule has 0 unspecified atom stereocenters. The number of benzene rings is 2. The standard InChI is InChI=1S/C19H18N2O5/c1-13(22)15-8-5-9-16(10-15)21-17(23)12-26-18(24)11-20-19(25)14-6-3-2-4-7-14/h2-10H,11-12H2,1H3,(H,20,25)(H,21,23). The second kappa shape index (κ2) is 9.12. The number of carbonyl (C=O) groups excluding carboxylic acids is 4. The first-order chi connectivity index (χ1) is 12.5. The summed E-state index contributed by atoms with van der Waals surface area (Å²) in [5.41, 5.74) is 1.31. The minimum Gasteiger partial charge on any atom is -0.454 e. The average molecular weight is 354 g/mol. The quantitative estimate of drug-likeness (QED) is 0.583. The van der Waals surface area contributed by atoms with Gasteiger partial charge >= 0.3 is 5.97 Å². The fourth-order valence-electron chi connectivity index (χ4n) is 2.05. The van der Waals surface area contributed by atoms with Crippen LogP contribution in [0.25, 0.3) is 0 Å². The number of carbonyl (C=O) groups is 4. The Morgan fingerprint density at radius 2 is 1.62 bits per heavy atom. The van der Waals surface area contributed by atoms with E-state index in [1.54, 1.807) is 48.5 Å². The van der Waals surface area contributed by atoms with Gasteiger partial charge in [-0.1, -0.05) is 30.3 Å². The summed E-state index contributed by atoms with van der Waals surface area (Å²) in [6.45, 7) is 0.581. The van der Waals surface area contributed by atoms with Crippen LogP contribution in [0.1, 0.15) is 27.6 Å². The van der Waals surface area contributed by atoms with Gasteiger partial charge in [0.2, 0.25) is 0 Å². The van der Waals surface area contributed by atoms with E-state index in [0.717, 1.165) is 0 Å². The first-order valence-electron chi connectivity index (χ1n) is 7.85. The number of rotatable bonds is 7. The lowest BCUT2D eigenvalue weighted by molar-refractivity contribution is -0.146. The molecular weight excluding hydrogens is 336 g/mol. The van der Waals surface area contributed by atoms with Crippen molar-refractivity contribution in [3.63, 3.8) is 0 Å². The lowest BCUT2D eigenvalue weighted by Crippen LogP contribution is -2.32. The van der Waals surface area contributed by atoms with E-state index in [-0.39, 0.29) is 12.3 Å². The molecule has 2 amide bonds. The van der Waals surface area contributed by atoms with Gasteiger partial charge in [-0.3, -0.25) is 19.2 Å². The van der Waals surface area contributed by atoms with Crippen molar-refractivity contribution >= 4 is 29.3 Å². The van der Waals surface area contributed by atoms with Gasteiger partial charge in [-0.15, -0.1) is 0 Å². The van der Waals surface area contributed by atoms with Crippen LogP contribution in [0.5, 0.6) is 0 Å². The van der Waals surface area contributed by atoms with E-state index in [1.807, 2.05) is 0 Å². The summed E-state index contributed by atoms with van der Waals surface area (Å²) in [4.78, 5) is 46.5. The van der Waals surface area contributed by atoms with Crippen LogP contribution in [-0.4, -0.2) is 36.7 Å². The molecule has 0 spiro atoms. The highest BCUT2D eigenvalue weighted by Gasteiger charge is 2.11. The minimum absolute atomic E-state index is 0.123. The molecule has 0 aliphatic carbocycles. The van der Waals surface area contributed by atoms with Crippen LogP contribution in [0.3, 0.4) is 0 Å². The van der Waals surface area contributed by atoms with Gasteiger partial charge in [-0.05, 0) is 31.2 Å². The maximum absolute atomic E-state index is 11.8. The molecule has 0 aliphatic rings. The summed E-state index contributed by atoms with van der Waals surface area (Å²) in [6.07, 6.45) is 0. The van der Waals surface area contributed by atoms with Crippen LogP contribution in [0.15, 0.2) is 54.6 Å². The Morgan fingerprint density at radius 1 is 0.923 bits per heavy atom. The second-order valence-corrected chi connectivity index (χ2v) is 5.39. The zero-order valence-electron chi connectivity index (χ0n) is 14.2. The average Bonchev–Trinajstić information content (AvgIpc) is 2.65. The number of nitrogens with one attached hydrogen (secondary N) is 2. The molecule has 0 bridgehead atoms. The molecule has 0 heterocycles. The number of ketones is 1. The van der Waals surface area contributed by atoms with Gasteiger partial charge in [0, 0.05) is 16.8 Å². The summed E-state index contributed by atoms with van der Waals surface area (Å²) in [6, 6.07) is 14.8. The third-order valence-electron chi connectivity index (χ3n) is 3.35. The predicted molar refractivity (Wildman–Crippen MR) is 94.8 cm³/mol. The van der Waals surface area contributed by atoms with Crippen molar-refractivity contribution in [1.29, 1.82) is 0 Å². The Hall–Kier alpha value is -3.48. The van der Waals surface area contributed by atoms with Gasteiger partial charge < -0.3 is 15.4 Å². The van der Waals surface area contributed by atoms with Crippen LogP contribution in [0, 0.1) is 0 Å². The van der Waals surface area contributed by atoms with Crippen LogP contribution in [0.4, 0.5) is 5.69 Å². The molecule has 2 aromatic rings. The zero-order chi connectivity index (χ0) is 18.9. The van der Waals surface area contributed by atoms with E-state index in [2.05, 4.69) is 10.6 Å². The molecule has 2 N–H and O–H groups in total. The fraction of sp³-hybridized carbons (Fsp3) is 0.158. The lowest BCUT2D eigenvalue weighted by atomic mass is 10.1. The minimum atomic E-state index is -0.734. The van der Waals surface area contributed by atoms with Gasteiger partial charge in [-0.25, -0.2) is 0 Å². The molecule has 7 nitrogen and oxygen atoms in total. The van der Waals surface area contributed by atoms with Crippen molar-refractivity contribution in [3.8, 4) is 0 Å². The van der Waals surface area contributed by atoms with Crippen LogP contribution < -0.4 is 10.6 Å². The van der Waals surface area contributed by atoms with E-state index >= 15 is 0 Å². The summed E-state index contributed by atoms with van der Waals surface area (Å²) in [5, 5.41) is 4.94. The van der Waals surface area contributed by atoms with Gasteiger partial charge in [0.1, 0.15) is 6.54 Å².